The molecule has 0 atom stereocenters. The summed E-state index contributed by atoms with van der Waals surface area (Å²) in [6, 6.07) is 6.95. The highest BCUT2D eigenvalue weighted by molar-refractivity contribution is 6.31. The van der Waals surface area contributed by atoms with Crippen LogP contribution in [0.1, 0.15) is 11.3 Å². The van der Waals surface area contributed by atoms with Crippen LogP contribution < -0.4 is 5.32 Å². The van der Waals surface area contributed by atoms with Crippen molar-refractivity contribution in [2.45, 2.75) is 6.92 Å². The Kier molecular flexibility index (Phi) is 4.47. The third-order valence-electron chi connectivity index (χ3n) is 2.69. The number of nitrogens with one attached hydrogen (secondary N) is 1. The van der Waals surface area contributed by atoms with Crippen molar-refractivity contribution in [1.82, 2.24) is 9.78 Å². The molecule has 0 bridgehead atoms. The van der Waals surface area contributed by atoms with E-state index >= 15 is 0 Å². The Morgan fingerprint density at radius 1 is 1.40 bits per heavy atom. The predicted octanol–water partition coefficient (Wildman–Crippen LogP) is 3.69. The van der Waals surface area contributed by atoms with E-state index in [9.17, 15) is 4.79 Å². The van der Waals surface area contributed by atoms with Crippen LogP contribution in [0.4, 0.5) is 5.69 Å². The number of anilines is 1. The summed E-state index contributed by atoms with van der Waals surface area (Å²) in [4.78, 5) is 11.8. The first kappa shape index (κ1) is 14.6. The zero-order chi connectivity index (χ0) is 14.7. The molecule has 0 aliphatic heterocycles. The molecule has 2 aromatic rings. The number of aryl methyl sites for hydroxylation is 2. The number of hydrogen-bond acceptors (Lipinski definition) is 2. The summed E-state index contributed by atoms with van der Waals surface area (Å²) in [5.41, 5.74) is 2.14. The average Bonchev–Trinajstić information content (AvgIpc) is 2.61. The van der Waals surface area contributed by atoms with E-state index in [0.29, 0.717) is 15.9 Å². The summed E-state index contributed by atoms with van der Waals surface area (Å²) in [6.07, 6.45) is 3.06. The number of nitrogens with zero attached hydrogens (tertiary/aromatic N) is 2. The number of benzene rings is 1. The highest BCUT2D eigenvalue weighted by atomic mass is 35.5. The smallest absolute Gasteiger partial charge is 0.248 e. The molecule has 0 unspecified atom stereocenters. The molecular formula is C14H13Cl2N3O. The molecular weight excluding hydrogens is 297 g/mol. The van der Waals surface area contributed by atoms with E-state index in [1.165, 1.54) is 6.08 Å². The van der Waals surface area contributed by atoms with E-state index in [-0.39, 0.29) is 5.91 Å². The third-order valence-corrected chi connectivity index (χ3v) is 3.37. The third kappa shape index (κ3) is 3.40. The number of amides is 1. The molecule has 20 heavy (non-hydrogen) atoms. The van der Waals surface area contributed by atoms with Crippen molar-refractivity contribution in [2.24, 2.45) is 7.05 Å². The Bertz CT molecular complexity index is 677. The molecule has 0 saturated heterocycles. The van der Waals surface area contributed by atoms with Crippen molar-refractivity contribution < 1.29 is 4.79 Å². The molecule has 0 fully saturated rings. The van der Waals surface area contributed by atoms with Crippen molar-refractivity contribution in [3.05, 3.63) is 51.8 Å². The molecule has 6 heteroatoms. The largest absolute Gasteiger partial charge is 0.322 e. The van der Waals surface area contributed by atoms with Gasteiger partial charge in [-0.3, -0.25) is 9.48 Å². The van der Waals surface area contributed by atoms with Crippen molar-refractivity contribution in [1.29, 1.82) is 0 Å². The van der Waals surface area contributed by atoms with Gasteiger partial charge >= 0.3 is 0 Å². The molecule has 0 saturated carbocycles. The number of aromatic nitrogens is 2. The lowest BCUT2D eigenvalue weighted by Gasteiger charge is -2.01. The van der Waals surface area contributed by atoms with Crippen LogP contribution in [0, 0.1) is 6.92 Å². The topological polar surface area (TPSA) is 46.9 Å². The van der Waals surface area contributed by atoms with Crippen LogP contribution >= 0.6 is 23.2 Å². The monoisotopic (exact) mass is 309 g/mol. The van der Waals surface area contributed by atoms with Gasteiger partial charge in [-0.2, -0.15) is 5.10 Å². The first-order chi connectivity index (χ1) is 9.47. The maximum atomic E-state index is 11.8. The van der Waals surface area contributed by atoms with Gasteiger partial charge in [0.25, 0.3) is 0 Å². The van der Waals surface area contributed by atoms with E-state index in [1.54, 1.807) is 42.1 Å². The molecule has 104 valence electrons. The molecule has 1 N–H and O–H groups in total. The number of halogens is 2. The van der Waals surface area contributed by atoms with Crippen LogP contribution in [0.25, 0.3) is 6.08 Å². The van der Waals surface area contributed by atoms with Crippen LogP contribution in [-0.2, 0) is 11.8 Å². The first-order valence-corrected chi connectivity index (χ1v) is 6.66. The zero-order valence-corrected chi connectivity index (χ0v) is 12.5. The first-order valence-electron chi connectivity index (χ1n) is 5.91. The van der Waals surface area contributed by atoms with Gasteiger partial charge in [-0.15, -0.1) is 0 Å². The summed E-state index contributed by atoms with van der Waals surface area (Å²) >= 11 is 11.9. The van der Waals surface area contributed by atoms with Crippen molar-refractivity contribution >= 4 is 40.9 Å². The minimum Gasteiger partial charge on any atom is -0.322 e. The van der Waals surface area contributed by atoms with Crippen LogP contribution in [0.5, 0.6) is 0 Å². The van der Waals surface area contributed by atoms with Gasteiger partial charge in [0, 0.05) is 29.4 Å². The molecule has 1 aromatic heterocycles. The van der Waals surface area contributed by atoms with Crippen molar-refractivity contribution in [3.8, 4) is 0 Å². The Labute approximate surface area is 127 Å². The Morgan fingerprint density at radius 3 is 2.75 bits per heavy atom. The van der Waals surface area contributed by atoms with E-state index in [0.717, 1.165) is 11.3 Å². The summed E-state index contributed by atoms with van der Waals surface area (Å²) in [7, 11) is 1.75. The molecule has 4 nitrogen and oxygen atoms in total. The minimum atomic E-state index is -0.258. The fraction of sp³-hybridized carbons (Fsp3) is 0.143. The number of hydrogen-bond donors (Lipinski definition) is 1. The summed E-state index contributed by atoms with van der Waals surface area (Å²) in [6.45, 7) is 1.83. The Balaban J connectivity index is 2.10. The zero-order valence-electron chi connectivity index (χ0n) is 11.0. The van der Waals surface area contributed by atoms with Gasteiger partial charge in [-0.05, 0) is 31.2 Å². The SMILES string of the molecule is Cc1nn(C)c(Cl)c1/C=C/C(=O)Nc1cccc(Cl)c1. The second-order valence-electron chi connectivity index (χ2n) is 4.25. The summed E-state index contributed by atoms with van der Waals surface area (Å²) < 4.78 is 1.56. The number of carbonyl (C=O) groups is 1. The minimum absolute atomic E-state index is 0.258. The highest BCUT2D eigenvalue weighted by Gasteiger charge is 2.08. The molecule has 0 aliphatic rings. The molecule has 1 amide bonds. The summed E-state index contributed by atoms with van der Waals surface area (Å²) in [5.74, 6) is -0.258. The van der Waals surface area contributed by atoms with Gasteiger partial charge < -0.3 is 5.32 Å². The highest BCUT2D eigenvalue weighted by Crippen LogP contribution is 2.20. The molecule has 0 radical (unpaired) electrons. The lowest BCUT2D eigenvalue weighted by atomic mass is 10.2. The van der Waals surface area contributed by atoms with Gasteiger partial charge in [0.2, 0.25) is 5.91 Å². The molecule has 1 aromatic carbocycles. The quantitative estimate of drug-likeness (QED) is 0.879. The van der Waals surface area contributed by atoms with Crippen molar-refractivity contribution in [3.63, 3.8) is 0 Å². The van der Waals surface area contributed by atoms with Gasteiger partial charge in [-0.1, -0.05) is 29.3 Å². The van der Waals surface area contributed by atoms with Gasteiger partial charge in [0.15, 0.2) is 0 Å². The van der Waals surface area contributed by atoms with E-state index in [4.69, 9.17) is 23.2 Å². The van der Waals surface area contributed by atoms with E-state index in [2.05, 4.69) is 10.4 Å². The molecule has 0 spiro atoms. The maximum Gasteiger partial charge on any atom is 0.248 e. The van der Waals surface area contributed by atoms with Gasteiger partial charge in [0.1, 0.15) is 5.15 Å². The van der Waals surface area contributed by atoms with Crippen LogP contribution in [0.3, 0.4) is 0 Å². The predicted molar refractivity (Wildman–Crippen MR) is 82.1 cm³/mol. The van der Waals surface area contributed by atoms with Gasteiger partial charge in [0.05, 0.1) is 5.69 Å². The lowest BCUT2D eigenvalue weighted by Crippen LogP contribution is -2.07. The normalized spacial score (nSPS) is 11.0. The second-order valence-corrected chi connectivity index (χ2v) is 5.04. The van der Waals surface area contributed by atoms with Gasteiger partial charge in [-0.25, -0.2) is 0 Å². The maximum absolute atomic E-state index is 11.8. The molecule has 2 rings (SSSR count). The Morgan fingerprint density at radius 2 is 2.15 bits per heavy atom. The van der Waals surface area contributed by atoms with Crippen LogP contribution in [0.2, 0.25) is 10.2 Å². The van der Waals surface area contributed by atoms with E-state index in [1.807, 2.05) is 6.92 Å². The summed E-state index contributed by atoms with van der Waals surface area (Å²) in [5, 5.41) is 7.95. The fourth-order valence-corrected chi connectivity index (χ4v) is 2.17. The standard InChI is InChI=1S/C14H13Cl2N3O/c1-9-12(14(16)19(2)18-9)6-7-13(20)17-11-5-3-4-10(15)8-11/h3-8H,1-2H3,(H,17,20)/b7-6+. The van der Waals surface area contributed by atoms with Crippen LogP contribution in [0.15, 0.2) is 30.3 Å². The average molecular weight is 310 g/mol. The number of rotatable bonds is 3. The van der Waals surface area contributed by atoms with Crippen molar-refractivity contribution in [2.75, 3.05) is 5.32 Å². The van der Waals surface area contributed by atoms with Crippen LogP contribution in [-0.4, -0.2) is 15.7 Å². The van der Waals surface area contributed by atoms with E-state index < -0.39 is 0 Å². The fourth-order valence-electron chi connectivity index (χ4n) is 1.74. The second kappa shape index (κ2) is 6.11. The lowest BCUT2D eigenvalue weighted by molar-refractivity contribution is -0.111. The molecule has 1 heterocycles. The Hall–Kier alpha value is -1.78. The number of carbonyl (C=O) groups excluding carboxylic acids is 1. The molecule has 0 aliphatic carbocycles.